The van der Waals surface area contributed by atoms with Crippen LogP contribution in [0.3, 0.4) is 0 Å². The van der Waals surface area contributed by atoms with Crippen molar-refractivity contribution in [3.05, 3.63) is 88.5 Å². The molecule has 1 amide bonds. The van der Waals surface area contributed by atoms with Crippen molar-refractivity contribution < 1.29 is 9.18 Å². The van der Waals surface area contributed by atoms with Gasteiger partial charge in [0.1, 0.15) is 17.5 Å². The second kappa shape index (κ2) is 8.31. The van der Waals surface area contributed by atoms with Gasteiger partial charge in [0, 0.05) is 17.8 Å². The van der Waals surface area contributed by atoms with Gasteiger partial charge in [0.15, 0.2) is 0 Å². The maximum atomic E-state index is 13.2. The van der Waals surface area contributed by atoms with Gasteiger partial charge in [0.05, 0.1) is 11.4 Å². The Balaban J connectivity index is 1.85. The molecule has 0 radical (unpaired) electrons. The molecule has 5 nitrogen and oxygen atoms in total. The van der Waals surface area contributed by atoms with Gasteiger partial charge in [-0.1, -0.05) is 30.3 Å². The Morgan fingerprint density at radius 2 is 1.86 bits per heavy atom. The number of aromatic nitrogens is 2. The molecule has 1 heterocycles. The van der Waals surface area contributed by atoms with Gasteiger partial charge >= 0.3 is 0 Å². The van der Waals surface area contributed by atoms with Gasteiger partial charge in [0.2, 0.25) is 0 Å². The Bertz CT molecular complexity index is 1060. The van der Waals surface area contributed by atoms with E-state index in [0.717, 1.165) is 11.3 Å². The van der Waals surface area contributed by atoms with Crippen LogP contribution < -0.4 is 5.32 Å². The summed E-state index contributed by atoms with van der Waals surface area (Å²) in [5.41, 5.74) is 3.77. The molecule has 0 aliphatic rings. The van der Waals surface area contributed by atoms with Crippen LogP contribution in [-0.4, -0.2) is 15.7 Å². The highest BCUT2D eigenvalue weighted by Gasteiger charge is 2.15. The topological polar surface area (TPSA) is 70.7 Å². The Kier molecular flexibility index (Phi) is 5.66. The number of nitrogens with zero attached hydrogens (tertiary/aromatic N) is 3. The molecule has 0 unspecified atom stereocenters. The van der Waals surface area contributed by atoms with Crippen molar-refractivity contribution in [2.24, 2.45) is 0 Å². The van der Waals surface area contributed by atoms with E-state index in [1.54, 1.807) is 23.7 Å². The lowest BCUT2D eigenvalue weighted by atomic mass is 10.1. The number of hydrogen-bond donors (Lipinski definition) is 1. The summed E-state index contributed by atoms with van der Waals surface area (Å²) >= 11 is 0. The van der Waals surface area contributed by atoms with E-state index < -0.39 is 5.91 Å². The molecular weight excluding hydrogens is 355 g/mol. The van der Waals surface area contributed by atoms with E-state index in [9.17, 15) is 14.4 Å². The van der Waals surface area contributed by atoms with E-state index in [4.69, 9.17) is 0 Å². The smallest absolute Gasteiger partial charge is 0.262 e. The summed E-state index contributed by atoms with van der Waals surface area (Å²) in [5, 5.41) is 16.7. The van der Waals surface area contributed by atoms with E-state index >= 15 is 0 Å². The monoisotopic (exact) mass is 374 g/mol. The molecular formula is C22H19FN4O. The van der Waals surface area contributed by atoms with Crippen molar-refractivity contribution in [2.75, 3.05) is 0 Å². The van der Waals surface area contributed by atoms with Crippen LogP contribution in [0.1, 0.15) is 22.5 Å². The number of nitriles is 1. The third-order valence-electron chi connectivity index (χ3n) is 4.37. The summed E-state index contributed by atoms with van der Waals surface area (Å²) in [4.78, 5) is 12.4. The summed E-state index contributed by atoms with van der Waals surface area (Å²) in [5.74, 6) is -0.771. The first kappa shape index (κ1) is 19.1. The lowest BCUT2D eigenvalue weighted by Gasteiger charge is -2.05. The molecule has 6 heteroatoms. The average Bonchev–Trinajstić information content (AvgIpc) is 2.99. The van der Waals surface area contributed by atoms with Crippen LogP contribution in [0.5, 0.6) is 0 Å². The minimum Gasteiger partial charge on any atom is -0.347 e. The fourth-order valence-electron chi connectivity index (χ4n) is 2.86. The first-order valence-corrected chi connectivity index (χ1v) is 8.75. The van der Waals surface area contributed by atoms with Crippen molar-refractivity contribution in [1.82, 2.24) is 15.1 Å². The second-order valence-corrected chi connectivity index (χ2v) is 6.31. The highest BCUT2D eigenvalue weighted by Crippen LogP contribution is 2.21. The minimum atomic E-state index is -0.445. The van der Waals surface area contributed by atoms with E-state index in [-0.39, 0.29) is 11.4 Å². The maximum absolute atomic E-state index is 13.2. The summed E-state index contributed by atoms with van der Waals surface area (Å²) < 4.78 is 14.8. The van der Waals surface area contributed by atoms with Crippen molar-refractivity contribution >= 4 is 12.0 Å². The molecule has 3 rings (SSSR count). The number of halogens is 1. The minimum absolute atomic E-state index is 0.000729. The lowest BCUT2D eigenvalue weighted by Crippen LogP contribution is -2.23. The first-order chi connectivity index (χ1) is 13.5. The van der Waals surface area contributed by atoms with Gasteiger partial charge in [-0.2, -0.15) is 10.4 Å². The normalized spacial score (nSPS) is 11.1. The zero-order chi connectivity index (χ0) is 20.1. The quantitative estimate of drug-likeness (QED) is 0.545. The average molecular weight is 374 g/mol. The van der Waals surface area contributed by atoms with Crippen molar-refractivity contribution in [3.63, 3.8) is 0 Å². The number of benzene rings is 2. The number of amides is 1. The molecule has 0 aliphatic carbocycles. The van der Waals surface area contributed by atoms with Gasteiger partial charge in [-0.05, 0) is 49.8 Å². The van der Waals surface area contributed by atoms with Crippen LogP contribution in [0, 0.1) is 31.0 Å². The molecule has 1 aromatic heterocycles. The molecule has 3 aromatic rings. The van der Waals surface area contributed by atoms with Crippen LogP contribution >= 0.6 is 0 Å². The fraction of sp³-hybridized carbons (Fsp3) is 0.136. The Labute approximate surface area is 162 Å². The second-order valence-electron chi connectivity index (χ2n) is 6.31. The van der Waals surface area contributed by atoms with Crippen LogP contribution in [-0.2, 0) is 11.3 Å². The largest absolute Gasteiger partial charge is 0.347 e. The Morgan fingerprint density at radius 1 is 1.18 bits per heavy atom. The van der Waals surface area contributed by atoms with Crippen LogP contribution in [0.4, 0.5) is 4.39 Å². The summed E-state index contributed by atoms with van der Waals surface area (Å²) in [6.07, 6.45) is 1.54. The Morgan fingerprint density at radius 3 is 2.50 bits per heavy atom. The number of aryl methyl sites for hydroxylation is 1. The van der Waals surface area contributed by atoms with Gasteiger partial charge in [0.25, 0.3) is 5.91 Å². The van der Waals surface area contributed by atoms with Gasteiger partial charge < -0.3 is 5.32 Å². The molecule has 0 saturated carbocycles. The summed E-state index contributed by atoms with van der Waals surface area (Å²) in [6, 6.07) is 17.4. The molecule has 0 aliphatic heterocycles. The van der Waals surface area contributed by atoms with Gasteiger partial charge in [-0.3, -0.25) is 4.79 Å². The summed E-state index contributed by atoms with van der Waals surface area (Å²) in [7, 11) is 0. The van der Waals surface area contributed by atoms with Crippen LogP contribution in [0.25, 0.3) is 11.8 Å². The molecule has 0 saturated heterocycles. The number of rotatable bonds is 5. The number of carbonyl (C=O) groups is 1. The molecule has 0 spiro atoms. The standard InChI is InChI=1S/C22H19FN4O/c1-15-21(16(2)27(26-15)20-10-8-19(23)9-11-20)12-18(13-24)22(28)25-14-17-6-4-3-5-7-17/h3-12H,14H2,1-2H3,(H,25,28)/b18-12-. The van der Waals surface area contributed by atoms with E-state index in [1.807, 2.05) is 43.3 Å². The zero-order valence-electron chi connectivity index (χ0n) is 15.6. The van der Waals surface area contributed by atoms with E-state index in [2.05, 4.69) is 10.4 Å². The molecule has 28 heavy (non-hydrogen) atoms. The Hall–Kier alpha value is -3.72. The summed E-state index contributed by atoms with van der Waals surface area (Å²) in [6.45, 7) is 3.98. The number of nitrogens with one attached hydrogen (secondary N) is 1. The SMILES string of the molecule is Cc1nn(-c2ccc(F)cc2)c(C)c1/C=C(/C#N)C(=O)NCc1ccccc1. The van der Waals surface area contributed by atoms with Gasteiger partial charge in [-0.15, -0.1) is 0 Å². The van der Waals surface area contributed by atoms with Crippen molar-refractivity contribution in [2.45, 2.75) is 20.4 Å². The third-order valence-corrected chi connectivity index (χ3v) is 4.37. The zero-order valence-corrected chi connectivity index (χ0v) is 15.6. The third kappa shape index (κ3) is 4.15. The van der Waals surface area contributed by atoms with Gasteiger partial charge in [-0.25, -0.2) is 9.07 Å². The predicted octanol–water partition coefficient (Wildman–Crippen LogP) is 3.85. The number of hydrogen-bond acceptors (Lipinski definition) is 3. The lowest BCUT2D eigenvalue weighted by molar-refractivity contribution is -0.117. The fourth-order valence-corrected chi connectivity index (χ4v) is 2.86. The molecule has 1 N–H and O–H groups in total. The molecule has 0 atom stereocenters. The molecule has 0 bridgehead atoms. The van der Waals surface area contributed by atoms with Crippen molar-refractivity contribution in [1.29, 1.82) is 5.26 Å². The highest BCUT2D eigenvalue weighted by atomic mass is 19.1. The van der Waals surface area contributed by atoms with E-state index in [0.29, 0.717) is 23.5 Å². The maximum Gasteiger partial charge on any atom is 0.262 e. The molecule has 0 fully saturated rings. The van der Waals surface area contributed by atoms with E-state index in [1.165, 1.54) is 18.2 Å². The predicted molar refractivity (Wildman–Crippen MR) is 105 cm³/mol. The molecule has 2 aromatic carbocycles. The van der Waals surface area contributed by atoms with Crippen LogP contribution in [0.15, 0.2) is 60.2 Å². The van der Waals surface area contributed by atoms with Crippen LogP contribution in [0.2, 0.25) is 0 Å². The highest BCUT2D eigenvalue weighted by molar-refractivity contribution is 6.01. The molecule has 140 valence electrons. The van der Waals surface area contributed by atoms with Crippen molar-refractivity contribution in [3.8, 4) is 11.8 Å². The first-order valence-electron chi connectivity index (χ1n) is 8.75. The number of carbonyl (C=O) groups excluding carboxylic acids is 1.